The van der Waals surface area contributed by atoms with Crippen molar-refractivity contribution in [3.63, 3.8) is 0 Å². The van der Waals surface area contributed by atoms with Gasteiger partial charge in [-0.15, -0.1) is 0 Å². The predicted octanol–water partition coefficient (Wildman–Crippen LogP) is 2.10. The molecule has 1 saturated carbocycles. The van der Waals surface area contributed by atoms with Gasteiger partial charge in [-0.2, -0.15) is 17.9 Å². The number of hydrogen-bond acceptors (Lipinski definition) is 4. The number of halogens is 4. The maximum atomic E-state index is 14.3. The second kappa shape index (κ2) is 6.03. The summed E-state index contributed by atoms with van der Waals surface area (Å²) in [5.41, 5.74) is -3.27. The highest BCUT2D eigenvalue weighted by atomic mass is 32.2. The van der Waals surface area contributed by atoms with Crippen LogP contribution in [0.3, 0.4) is 0 Å². The number of hydrogen-bond donors (Lipinski definition) is 1. The van der Waals surface area contributed by atoms with E-state index in [2.05, 4.69) is 4.74 Å². The molecule has 0 unspecified atom stereocenters. The van der Waals surface area contributed by atoms with Gasteiger partial charge in [-0.1, -0.05) is 0 Å². The summed E-state index contributed by atoms with van der Waals surface area (Å²) in [6.07, 6.45) is -4.70. The van der Waals surface area contributed by atoms with Gasteiger partial charge in [0.1, 0.15) is 10.4 Å². The quantitative estimate of drug-likeness (QED) is 0.634. The van der Waals surface area contributed by atoms with Crippen molar-refractivity contribution in [2.75, 3.05) is 6.61 Å². The largest absolute Gasteiger partial charge is 0.461 e. The molecule has 0 aromatic carbocycles. The summed E-state index contributed by atoms with van der Waals surface area (Å²) in [5.74, 6) is -2.55. The van der Waals surface area contributed by atoms with E-state index in [1.807, 2.05) is 0 Å². The first-order chi connectivity index (χ1) is 11.0. The fraction of sp³-hybridized carbons (Fsp3) is 0.615. The molecule has 1 N–H and O–H groups in total. The van der Waals surface area contributed by atoms with Crippen LogP contribution in [0.2, 0.25) is 0 Å². The molecule has 0 radical (unpaired) electrons. The van der Waals surface area contributed by atoms with Crippen LogP contribution in [0.15, 0.2) is 11.1 Å². The van der Waals surface area contributed by atoms with Gasteiger partial charge in [0.25, 0.3) is 0 Å². The summed E-state index contributed by atoms with van der Waals surface area (Å²) in [4.78, 5) is 10.6. The lowest BCUT2D eigenvalue weighted by atomic mass is 9.77. The molecule has 0 spiro atoms. The van der Waals surface area contributed by atoms with E-state index in [0.29, 0.717) is 0 Å². The molecule has 0 aliphatic heterocycles. The van der Waals surface area contributed by atoms with Crippen LogP contribution in [0.1, 0.15) is 36.7 Å². The lowest BCUT2D eigenvalue weighted by molar-refractivity contribution is -0.212. The Hall–Kier alpha value is -1.62. The Morgan fingerprint density at radius 2 is 2.00 bits per heavy atom. The molecule has 1 aromatic heterocycles. The van der Waals surface area contributed by atoms with Crippen LogP contribution in [0, 0.1) is 5.82 Å². The lowest BCUT2D eigenvalue weighted by Gasteiger charge is -2.43. The van der Waals surface area contributed by atoms with Crippen molar-refractivity contribution in [3.8, 4) is 0 Å². The molecule has 0 atom stereocenters. The molecule has 1 aliphatic carbocycles. The van der Waals surface area contributed by atoms with Crippen LogP contribution in [0.4, 0.5) is 17.6 Å². The fourth-order valence-electron chi connectivity index (χ4n) is 2.47. The first-order valence-electron chi connectivity index (χ1n) is 7.08. The van der Waals surface area contributed by atoms with Gasteiger partial charge in [0.15, 0.2) is 11.5 Å². The highest BCUT2D eigenvalue weighted by Crippen LogP contribution is 2.46. The van der Waals surface area contributed by atoms with Crippen molar-refractivity contribution >= 4 is 16.0 Å². The standard InChI is InChI=1S/C13H16F4N2O4S/c1-3-23-11(20)10-9(14)8(7-19(10)2)24(21,22)18-12(5-4-6-12)13(15,16)17/h7,18H,3-6H2,1-2H3. The Balaban J connectivity index is 2.41. The number of aryl methyl sites for hydroxylation is 1. The Labute approximate surface area is 135 Å². The van der Waals surface area contributed by atoms with Crippen LogP contribution in [-0.2, 0) is 21.8 Å². The van der Waals surface area contributed by atoms with E-state index in [4.69, 9.17) is 0 Å². The van der Waals surface area contributed by atoms with Gasteiger partial charge in [0.2, 0.25) is 10.0 Å². The van der Waals surface area contributed by atoms with Crippen molar-refractivity contribution < 1.29 is 35.5 Å². The maximum absolute atomic E-state index is 14.3. The highest BCUT2D eigenvalue weighted by Gasteiger charge is 2.60. The molecule has 24 heavy (non-hydrogen) atoms. The van der Waals surface area contributed by atoms with Crippen molar-refractivity contribution in [2.24, 2.45) is 7.05 Å². The zero-order valence-corrected chi connectivity index (χ0v) is 13.7. The third-order valence-electron chi connectivity index (χ3n) is 3.93. The second-order valence-corrected chi connectivity index (χ2v) is 7.18. The van der Waals surface area contributed by atoms with E-state index in [1.165, 1.54) is 14.0 Å². The second-order valence-electron chi connectivity index (χ2n) is 5.53. The van der Waals surface area contributed by atoms with Crippen molar-refractivity contribution in [2.45, 2.75) is 42.8 Å². The minimum Gasteiger partial charge on any atom is -0.461 e. The molecular weight excluding hydrogens is 356 g/mol. The minimum atomic E-state index is -4.82. The van der Waals surface area contributed by atoms with E-state index in [0.717, 1.165) is 10.8 Å². The molecule has 2 rings (SSSR count). The predicted molar refractivity (Wildman–Crippen MR) is 74.3 cm³/mol. The van der Waals surface area contributed by atoms with Crippen molar-refractivity contribution in [3.05, 3.63) is 17.7 Å². The van der Waals surface area contributed by atoms with Crippen LogP contribution in [0.25, 0.3) is 0 Å². The number of carbonyl (C=O) groups is 1. The molecule has 1 aromatic rings. The third-order valence-corrected chi connectivity index (χ3v) is 5.45. The van der Waals surface area contributed by atoms with E-state index < -0.39 is 57.0 Å². The molecule has 136 valence electrons. The van der Waals surface area contributed by atoms with Gasteiger partial charge >= 0.3 is 12.1 Å². The lowest BCUT2D eigenvalue weighted by Crippen LogP contribution is -2.62. The van der Waals surface area contributed by atoms with Gasteiger partial charge in [-0.25, -0.2) is 17.6 Å². The monoisotopic (exact) mass is 372 g/mol. The molecule has 1 heterocycles. The SMILES string of the molecule is CCOC(=O)c1c(F)c(S(=O)(=O)NC2(C(F)(F)F)CCC2)cn1C. The summed E-state index contributed by atoms with van der Waals surface area (Å²) < 4.78 is 85.2. The number of carbonyl (C=O) groups excluding carboxylic acids is 1. The Bertz CT molecular complexity index is 751. The zero-order chi connectivity index (χ0) is 18.3. The molecule has 1 aliphatic rings. The number of aromatic nitrogens is 1. The van der Waals surface area contributed by atoms with Crippen LogP contribution < -0.4 is 4.72 Å². The van der Waals surface area contributed by atoms with Crippen molar-refractivity contribution in [1.82, 2.24) is 9.29 Å². The van der Waals surface area contributed by atoms with Gasteiger partial charge < -0.3 is 9.30 Å². The first-order valence-corrected chi connectivity index (χ1v) is 8.56. The van der Waals surface area contributed by atoms with E-state index in [-0.39, 0.29) is 13.0 Å². The maximum Gasteiger partial charge on any atom is 0.407 e. The van der Waals surface area contributed by atoms with Gasteiger partial charge in [0, 0.05) is 13.2 Å². The topological polar surface area (TPSA) is 77.4 Å². The number of nitrogens with zero attached hydrogens (tertiary/aromatic N) is 1. The number of nitrogens with one attached hydrogen (secondary N) is 1. The van der Waals surface area contributed by atoms with E-state index in [9.17, 15) is 30.8 Å². The van der Waals surface area contributed by atoms with E-state index in [1.54, 1.807) is 4.72 Å². The van der Waals surface area contributed by atoms with Crippen LogP contribution >= 0.6 is 0 Å². The number of alkyl halides is 3. The van der Waals surface area contributed by atoms with Crippen molar-refractivity contribution in [1.29, 1.82) is 0 Å². The minimum absolute atomic E-state index is 0.0685. The summed E-state index contributed by atoms with van der Waals surface area (Å²) in [6.45, 7) is 1.41. The zero-order valence-electron chi connectivity index (χ0n) is 12.9. The summed E-state index contributed by atoms with van der Waals surface area (Å²) in [6, 6.07) is 0. The molecule has 6 nitrogen and oxygen atoms in total. The summed E-state index contributed by atoms with van der Waals surface area (Å²) >= 11 is 0. The van der Waals surface area contributed by atoms with Gasteiger partial charge in [0.05, 0.1) is 6.61 Å². The Morgan fingerprint density at radius 3 is 2.42 bits per heavy atom. The third kappa shape index (κ3) is 3.02. The Kier molecular flexibility index (Phi) is 4.70. The fourth-order valence-corrected chi connectivity index (χ4v) is 4.05. The average molecular weight is 372 g/mol. The van der Waals surface area contributed by atoms with E-state index >= 15 is 0 Å². The van der Waals surface area contributed by atoms with Gasteiger partial charge in [-0.3, -0.25) is 0 Å². The normalized spacial score (nSPS) is 17.4. The molecule has 0 saturated heterocycles. The summed E-state index contributed by atoms with van der Waals surface area (Å²) in [7, 11) is -3.62. The summed E-state index contributed by atoms with van der Waals surface area (Å²) in [5, 5.41) is 0. The number of sulfonamides is 1. The van der Waals surface area contributed by atoms with Crippen LogP contribution in [-0.4, -0.2) is 37.3 Å². The molecule has 0 amide bonds. The van der Waals surface area contributed by atoms with Crippen LogP contribution in [0.5, 0.6) is 0 Å². The average Bonchev–Trinajstić information content (AvgIpc) is 2.69. The number of esters is 1. The number of rotatable bonds is 5. The highest BCUT2D eigenvalue weighted by molar-refractivity contribution is 7.89. The molecule has 0 bridgehead atoms. The molecular formula is C13H16F4N2O4S. The molecule has 1 fully saturated rings. The molecule has 11 heteroatoms. The van der Waals surface area contributed by atoms with Gasteiger partial charge in [-0.05, 0) is 26.2 Å². The Morgan fingerprint density at radius 1 is 1.42 bits per heavy atom. The number of ether oxygens (including phenoxy) is 1. The smallest absolute Gasteiger partial charge is 0.407 e. The first kappa shape index (κ1) is 18.7.